The van der Waals surface area contributed by atoms with E-state index in [1.165, 1.54) is 0 Å². The molecule has 28 heavy (non-hydrogen) atoms. The maximum atomic E-state index is 6.06. The molecule has 0 aliphatic heterocycles. The van der Waals surface area contributed by atoms with E-state index in [4.69, 9.17) is 4.74 Å². The van der Waals surface area contributed by atoms with Gasteiger partial charge in [0.05, 0.1) is 12.2 Å². The summed E-state index contributed by atoms with van der Waals surface area (Å²) in [5, 5.41) is 6.68. The van der Waals surface area contributed by atoms with Gasteiger partial charge in [-0.15, -0.1) is 0 Å². The number of hydrogen-bond acceptors (Lipinski definition) is 3. The minimum atomic E-state index is -0.239. The van der Waals surface area contributed by atoms with Crippen molar-refractivity contribution < 1.29 is 4.74 Å². The number of guanidine groups is 1. The molecule has 0 radical (unpaired) electrons. The van der Waals surface area contributed by atoms with E-state index in [0.717, 1.165) is 34.3 Å². The molecule has 0 amide bonds. The first kappa shape index (κ1) is 19.7. The van der Waals surface area contributed by atoms with Crippen LogP contribution in [-0.4, -0.2) is 28.0 Å². The fraction of sp³-hybridized carbons (Fsp3) is 0.364. The Balaban J connectivity index is 1.61. The van der Waals surface area contributed by atoms with Gasteiger partial charge in [0.15, 0.2) is 5.96 Å². The third-order valence-corrected chi connectivity index (χ3v) is 4.24. The van der Waals surface area contributed by atoms with Crippen LogP contribution in [0.1, 0.15) is 37.7 Å². The van der Waals surface area contributed by atoms with Crippen molar-refractivity contribution in [1.29, 1.82) is 0 Å². The summed E-state index contributed by atoms with van der Waals surface area (Å²) in [5.41, 5.74) is 3.93. The lowest BCUT2D eigenvalue weighted by molar-refractivity contribution is 0.129. The summed E-state index contributed by atoms with van der Waals surface area (Å²) in [6, 6.07) is 14.2. The van der Waals surface area contributed by atoms with Crippen LogP contribution in [-0.2, 0) is 13.1 Å². The third-order valence-electron chi connectivity index (χ3n) is 4.24. The van der Waals surface area contributed by atoms with Gasteiger partial charge < -0.3 is 19.8 Å². The van der Waals surface area contributed by atoms with E-state index in [1.807, 2.05) is 51.1 Å². The monoisotopic (exact) mass is 379 g/mol. The van der Waals surface area contributed by atoms with Crippen molar-refractivity contribution in [2.24, 2.45) is 4.99 Å². The van der Waals surface area contributed by atoms with Crippen molar-refractivity contribution in [3.63, 3.8) is 0 Å². The van der Waals surface area contributed by atoms with Gasteiger partial charge in [-0.2, -0.15) is 0 Å². The second-order valence-electron chi connectivity index (χ2n) is 7.73. The zero-order valence-corrected chi connectivity index (χ0v) is 17.3. The summed E-state index contributed by atoms with van der Waals surface area (Å²) >= 11 is 0. The second kappa shape index (κ2) is 8.33. The van der Waals surface area contributed by atoms with Crippen LogP contribution in [0.5, 0.6) is 5.75 Å². The van der Waals surface area contributed by atoms with Crippen LogP contribution >= 0.6 is 0 Å². The summed E-state index contributed by atoms with van der Waals surface area (Å²) in [7, 11) is 1.76. The predicted molar refractivity (Wildman–Crippen MR) is 114 cm³/mol. The van der Waals surface area contributed by atoms with E-state index in [-0.39, 0.29) is 5.60 Å². The van der Waals surface area contributed by atoms with E-state index < -0.39 is 0 Å². The van der Waals surface area contributed by atoms with Gasteiger partial charge in [0.25, 0.3) is 0 Å². The molecule has 0 fully saturated rings. The molecular formula is C22H29N5O. The molecule has 0 aliphatic rings. The molecule has 2 heterocycles. The number of aliphatic imine (C=N–C) groups is 1. The summed E-state index contributed by atoms with van der Waals surface area (Å²) in [4.78, 5) is 8.96. The van der Waals surface area contributed by atoms with E-state index in [9.17, 15) is 0 Å². The largest absolute Gasteiger partial charge is 0.488 e. The summed E-state index contributed by atoms with van der Waals surface area (Å²) in [6.45, 7) is 9.44. The molecule has 6 nitrogen and oxygen atoms in total. The van der Waals surface area contributed by atoms with Gasteiger partial charge in [-0.25, -0.2) is 4.98 Å². The summed E-state index contributed by atoms with van der Waals surface area (Å²) < 4.78 is 8.15. The fourth-order valence-corrected chi connectivity index (χ4v) is 2.94. The first-order chi connectivity index (χ1) is 13.4. The molecule has 0 saturated carbocycles. The highest BCUT2D eigenvalue weighted by atomic mass is 16.5. The molecule has 0 spiro atoms. The SMILES string of the molecule is CN=C(NCc1cn2c(C)cccc2n1)NCc1ccccc1OC(C)(C)C. The van der Waals surface area contributed by atoms with Crippen molar-refractivity contribution >= 4 is 11.6 Å². The van der Waals surface area contributed by atoms with Gasteiger partial charge in [0, 0.05) is 31.0 Å². The maximum Gasteiger partial charge on any atom is 0.191 e. The lowest BCUT2D eigenvalue weighted by Crippen LogP contribution is -2.36. The Morgan fingerprint density at radius 2 is 1.82 bits per heavy atom. The minimum Gasteiger partial charge on any atom is -0.488 e. The average molecular weight is 380 g/mol. The number of aromatic nitrogens is 2. The lowest BCUT2D eigenvalue weighted by atomic mass is 10.1. The van der Waals surface area contributed by atoms with Gasteiger partial charge in [0.2, 0.25) is 0 Å². The zero-order valence-electron chi connectivity index (χ0n) is 17.3. The Morgan fingerprint density at radius 1 is 1.07 bits per heavy atom. The first-order valence-corrected chi connectivity index (χ1v) is 9.51. The fourth-order valence-electron chi connectivity index (χ4n) is 2.94. The number of imidazole rings is 1. The van der Waals surface area contributed by atoms with Crippen LogP contribution in [0.3, 0.4) is 0 Å². The Morgan fingerprint density at radius 3 is 2.54 bits per heavy atom. The molecule has 148 valence electrons. The maximum absolute atomic E-state index is 6.06. The number of aryl methyl sites for hydroxylation is 1. The number of benzene rings is 1. The number of para-hydroxylation sites is 1. The number of nitrogens with one attached hydrogen (secondary N) is 2. The highest BCUT2D eigenvalue weighted by Gasteiger charge is 2.14. The Hall–Kier alpha value is -3.02. The topological polar surface area (TPSA) is 63.0 Å². The van der Waals surface area contributed by atoms with Gasteiger partial charge in [0.1, 0.15) is 17.0 Å². The third kappa shape index (κ3) is 5.03. The lowest BCUT2D eigenvalue weighted by Gasteiger charge is -2.23. The first-order valence-electron chi connectivity index (χ1n) is 9.51. The van der Waals surface area contributed by atoms with E-state index in [0.29, 0.717) is 13.1 Å². The predicted octanol–water partition coefficient (Wildman–Crippen LogP) is 3.69. The molecule has 0 unspecified atom stereocenters. The standard InChI is InChI=1S/C22H29N5O/c1-16-9-8-12-20-26-18(15-27(16)20)14-25-21(23-5)24-13-17-10-6-7-11-19(17)28-22(2,3)4/h6-12,15H,13-14H2,1-5H3,(H2,23,24,25). The van der Waals surface area contributed by atoms with Crippen molar-refractivity contribution in [2.45, 2.75) is 46.4 Å². The molecule has 2 N–H and O–H groups in total. The van der Waals surface area contributed by atoms with Crippen molar-refractivity contribution in [1.82, 2.24) is 20.0 Å². The molecular weight excluding hydrogens is 350 g/mol. The molecule has 6 heteroatoms. The average Bonchev–Trinajstić information content (AvgIpc) is 3.06. The van der Waals surface area contributed by atoms with Crippen LogP contribution in [0, 0.1) is 6.92 Å². The minimum absolute atomic E-state index is 0.239. The van der Waals surface area contributed by atoms with E-state index in [1.54, 1.807) is 7.05 Å². The number of nitrogens with zero attached hydrogens (tertiary/aromatic N) is 3. The van der Waals surface area contributed by atoms with Crippen LogP contribution < -0.4 is 15.4 Å². The Bertz CT molecular complexity index is 968. The summed E-state index contributed by atoms with van der Waals surface area (Å²) in [6.07, 6.45) is 2.05. The highest BCUT2D eigenvalue weighted by molar-refractivity contribution is 5.79. The molecule has 2 aromatic heterocycles. The molecule has 3 aromatic rings. The molecule has 0 saturated heterocycles. The van der Waals surface area contributed by atoms with E-state index >= 15 is 0 Å². The van der Waals surface area contributed by atoms with E-state index in [2.05, 4.69) is 50.3 Å². The Kier molecular flexibility index (Phi) is 5.87. The number of hydrogen-bond donors (Lipinski definition) is 2. The van der Waals surface area contributed by atoms with Crippen molar-refractivity contribution in [3.05, 3.63) is 65.6 Å². The van der Waals surface area contributed by atoms with Gasteiger partial charge in [-0.1, -0.05) is 24.3 Å². The Labute approximate surface area is 166 Å². The van der Waals surface area contributed by atoms with Crippen LogP contribution in [0.15, 0.2) is 53.7 Å². The summed E-state index contributed by atoms with van der Waals surface area (Å²) in [5.74, 6) is 1.60. The molecule has 0 atom stereocenters. The number of ether oxygens (including phenoxy) is 1. The molecule has 0 aliphatic carbocycles. The zero-order chi connectivity index (χ0) is 20.1. The van der Waals surface area contributed by atoms with Crippen LogP contribution in [0.4, 0.5) is 0 Å². The quantitative estimate of drug-likeness (QED) is 0.524. The normalized spacial score (nSPS) is 12.2. The van der Waals surface area contributed by atoms with Crippen LogP contribution in [0.2, 0.25) is 0 Å². The molecule has 1 aromatic carbocycles. The number of fused-ring (bicyclic) bond motifs is 1. The van der Waals surface area contributed by atoms with Crippen molar-refractivity contribution in [3.8, 4) is 5.75 Å². The number of rotatable bonds is 5. The number of pyridine rings is 1. The van der Waals surface area contributed by atoms with Crippen LogP contribution in [0.25, 0.3) is 5.65 Å². The molecule has 0 bridgehead atoms. The smallest absolute Gasteiger partial charge is 0.191 e. The van der Waals surface area contributed by atoms with Gasteiger partial charge in [-0.3, -0.25) is 4.99 Å². The second-order valence-corrected chi connectivity index (χ2v) is 7.73. The highest BCUT2D eigenvalue weighted by Crippen LogP contribution is 2.22. The van der Waals surface area contributed by atoms with Crippen molar-refractivity contribution in [2.75, 3.05) is 7.05 Å². The van der Waals surface area contributed by atoms with Gasteiger partial charge in [-0.05, 0) is 45.9 Å². The molecule has 3 rings (SSSR count). The van der Waals surface area contributed by atoms with Gasteiger partial charge >= 0.3 is 0 Å².